The molecule has 0 spiro atoms. The molecule has 108 valence electrons. The lowest BCUT2D eigenvalue weighted by molar-refractivity contribution is 0.580. The summed E-state index contributed by atoms with van der Waals surface area (Å²) in [7, 11) is -1.57. The van der Waals surface area contributed by atoms with Crippen LogP contribution in [0.3, 0.4) is 0 Å². The summed E-state index contributed by atoms with van der Waals surface area (Å²) in [5, 5.41) is 3.36. The number of hydrogen-bond acceptors (Lipinski definition) is 4. The monoisotopic (exact) mass is 302 g/mol. The lowest BCUT2D eigenvalue weighted by atomic mass is 10.1. The van der Waals surface area contributed by atoms with Crippen molar-refractivity contribution in [1.82, 2.24) is 10.0 Å². The predicted molar refractivity (Wildman–Crippen MR) is 82.1 cm³/mol. The third-order valence-electron chi connectivity index (χ3n) is 3.06. The van der Waals surface area contributed by atoms with Gasteiger partial charge in [0, 0.05) is 17.8 Å². The molecule has 1 aromatic rings. The highest BCUT2D eigenvalue weighted by Gasteiger charge is 2.16. The van der Waals surface area contributed by atoms with E-state index in [1.54, 1.807) is 30.0 Å². The maximum Gasteiger partial charge on any atom is 0.240 e. The third kappa shape index (κ3) is 4.80. The number of nitrogens with one attached hydrogen (secondary N) is 2. The van der Waals surface area contributed by atoms with Gasteiger partial charge in [-0.25, -0.2) is 13.1 Å². The van der Waals surface area contributed by atoms with E-state index in [-0.39, 0.29) is 11.3 Å². The molecule has 0 aliphatic carbocycles. The van der Waals surface area contributed by atoms with Gasteiger partial charge < -0.3 is 5.32 Å². The van der Waals surface area contributed by atoms with Crippen molar-refractivity contribution in [1.29, 1.82) is 0 Å². The van der Waals surface area contributed by atoms with Crippen molar-refractivity contribution in [2.75, 3.05) is 19.8 Å². The lowest BCUT2D eigenvalue weighted by Gasteiger charge is -2.14. The Bertz CT molecular complexity index is 503. The molecular formula is C13H22N2O2S2. The molecule has 0 fully saturated rings. The molecule has 2 atom stereocenters. The minimum atomic E-state index is -3.42. The van der Waals surface area contributed by atoms with Crippen molar-refractivity contribution in [3.63, 3.8) is 0 Å². The van der Waals surface area contributed by atoms with Gasteiger partial charge in [-0.3, -0.25) is 0 Å². The van der Waals surface area contributed by atoms with Gasteiger partial charge in [-0.2, -0.15) is 11.8 Å². The summed E-state index contributed by atoms with van der Waals surface area (Å²) in [6.45, 7) is 4.43. The summed E-state index contributed by atoms with van der Waals surface area (Å²) in [6, 6.07) is 7.16. The van der Waals surface area contributed by atoms with Crippen LogP contribution in [0.1, 0.15) is 25.5 Å². The Morgan fingerprint density at radius 2 is 2.00 bits per heavy atom. The standard InChI is InChI=1S/C13H22N2O2S2/c1-10(18-4)9-15-19(16,17)13-7-5-6-12(8-13)11(2)14-3/h5-8,10-11,14-15H,9H2,1-4H3. The van der Waals surface area contributed by atoms with Gasteiger partial charge >= 0.3 is 0 Å². The summed E-state index contributed by atoms with van der Waals surface area (Å²) in [5.41, 5.74) is 0.961. The summed E-state index contributed by atoms with van der Waals surface area (Å²) in [5.74, 6) is 0. The van der Waals surface area contributed by atoms with Crippen molar-refractivity contribution in [2.45, 2.75) is 30.0 Å². The SMILES string of the molecule is CNC(C)c1cccc(S(=O)(=O)NCC(C)SC)c1. The molecule has 4 nitrogen and oxygen atoms in total. The molecule has 2 N–H and O–H groups in total. The van der Waals surface area contributed by atoms with Crippen LogP contribution in [0, 0.1) is 0 Å². The molecule has 6 heteroatoms. The second-order valence-electron chi connectivity index (χ2n) is 4.48. The highest BCUT2D eigenvalue weighted by atomic mass is 32.2. The van der Waals surface area contributed by atoms with Gasteiger partial charge in [0.2, 0.25) is 10.0 Å². The first-order valence-electron chi connectivity index (χ1n) is 6.20. The predicted octanol–water partition coefficient (Wildman–Crippen LogP) is 2.00. The molecule has 0 radical (unpaired) electrons. The van der Waals surface area contributed by atoms with Crippen LogP contribution in [-0.2, 0) is 10.0 Å². The lowest BCUT2D eigenvalue weighted by Crippen LogP contribution is -2.29. The quantitative estimate of drug-likeness (QED) is 0.809. The number of benzene rings is 1. The average Bonchev–Trinajstić information content (AvgIpc) is 2.44. The van der Waals surface area contributed by atoms with Crippen molar-refractivity contribution in [3.8, 4) is 0 Å². The first kappa shape index (κ1) is 16.5. The van der Waals surface area contributed by atoms with E-state index in [1.165, 1.54) is 0 Å². The number of sulfonamides is 1. The second kappa shape index (κ2) is 7.28. The second-order valence-corrected chi connectivity index (χ2v) is 7.52. The molecule has 19 heavy (non-hydrogen) atoms. The van der Waals surface area contributed by atoms with Crippen molar-refractivity contribution >= 4 is 21.8 Å². The molecule has 0 amide bonds. The highest BCUT2D eigenvalue weighted by Crippen LogP contribution is 2.17. The average molecular weight is 302 g/mol. The van der Waals surface area contributed by atoms with Gasteiger partial charge in [0.25, 0.3) is 0 Å². The Balaban J connectivity index is 2.89. The largest absolute Gasteiger partial charge is 0.313 e. The van der Waals surface area contributed by atoms with Gasteiger partial charge in [-0.05, 0) is 37.9 Å². The van der Waals surface area contributed by atoms with Gasteiger partial charge in [0.1, 0.15) is 0 Å². The van der Waals surface area contributed by atoms with Crippen LogP contribution in [0.25, 0.3) is 0 Å². The molecule has 0 aromatic heterocycles. The van der Waals surface area contributed by atoms with Crippen LogP contribution >= 0.6 is 11.8 Å². The van der Waals surface area contributed by atoms with E-state index in [0.717, 1.165) is 5.56 Å². The van der Waals surface area contributed by atoms with E-state index in [1.807, 2.05) is 33.2 Å². The highest BCUT2D eigenvalue weighted by molar-refractivity contribution is 7.99. The third-order valence-corrected chi connectivity index (χ3v) is 5.46. The normalized spacial score (nSPS) is 15.2. The Kier molecular flexibility index (Phi) is 6.32. The first-order valence-corrected chi connectivity index (χ1v) is 8.97. The smallest absolute Gasteiger partial charge is 0.240 e. The van der Waals surface area contributed by atoms with Crippen molar-refractivity contribution < 1.29 is 8.42 Å². The van der Waals surface area contributed by atoms with E-state index in [0.29, 0.717) is 11.4 Å². The fraction of sp³-hybridized carbons (Fsp3) is 0.538. The van der Waals surface area contributed by atoms with Crippen LogP contribution < -0.4 is 10.0 Å². The van der Waals surface area contributed by atoms with Crippen molar-refractivity contribution in [2.24, 2.45) is 0 Å². The van der Waals surface area contributed by atoms with Crippen LogP contribution in [0.5, 0.6) is 0 Å². The molecular weight excluding hydrogens is 280 g/mol. The Labute approximate surface area is 120 Å². The van der Waals surface area contributed by atoms with Gasteiger partial charge in [-0.1, -0.05) is 19.1 Å². The van der Waals surface area contributed by atoms with E-state index in [9.17, 15) is 8.42 Å². The van der Waals surface area contributed by atoms with Crippen LogP contribution in [0.2, 0.25) is 0 Å². The molecule has 0 saturated carbocycles. The summed E-state index contributed by atoms with van der Waals surface area (Å²) in [4.78, 5) is 0.320. The molecule has 0 saturated heterocycles. The molecule has 0 aliphatic rings. The zero-order valence-electron chi connectivity index (χ0n) is 11.8. The molecule has 0 aliphatic heterocycles. The summed E-state index contributed by atoms with van der Waals surface area (Å²) >= 11 is 1.64. The Morgan fingerprint density at radius 3 is 2.58 bits per heavy atom. The molecule has 0 heterocycles. The van der Waals surface area contributed by atoms with E-state index < -0.39 is 10.0 Å². The molecule has 2 unspecified atom stereocenters. The van der Waals surface area contributed by atoms with Crippen molar-refractivity contribution in [3.05, 3.63) is 29.8 Å². The number of hydrogen-bond donors (Lipinski definition) is 2. The molecule has 0 bridgehead atoms. The zero-order valence-corrected chi connectivity index (χ0v) is 13.4. The Hall–Kier alpha value is -0.560. The van der Waals surface area contributed by atoms with Gasteiger partial charge in [-0.15, -0.1) is 0 Å². The fourth-order valence-electron chi connectivity index (χ4n) is 1.51. The van der Waals surface area contributed by atoms with Crippen LogP contribution in [0.4, 0.5) is 0 Å². The topological polar surface area (TPSA) is 58.2 Å². The maximum atomic E-state index is 12.2. The molecule has 1 aromatic carbocycles. The molecule has 1 rings (SSSR count). The van der Waals surface area contributed by atoms with Crippen LogP contribution in [0.15, 0.2) is 29.2 Å². The summed E-state index contributed by atoms with van der Waals surface area (Å²) in [6.07, 6.45) is 1.97. The van der Waals surface area contributed by atoms with Crippen LogP contribution in [-0.4, -0.2) is 33.5 Å². The summed E-state index contributed by atoms with van der Waals surface area (Å²) < 4.78 is 27.0. The first-order chi connectivity index (χ1) is 8.90. The minimum Gasteiger partial charge on any atom is -0.313 e. The maximum absolute atomic E-state index is 12.2. The Morgan fingerprint density at radius 1 is 1.32 bits per heavy atom. The van der Waals surface area contributed by atoms with E-state index in [4.69, 9.17) is 0 Å². The fourth-order valence-corrected chi connectivity index (χ4v) is 3.05. The van der Waals surface area contributed by atoms with Gasteiger partial charge in [0.05, 0.1) is 4.90 Å². The number of thioether (sulfide) groups is 1. The van der Waals surface area contributed by atoms with E-state index in [2.05, 4.69) is 10.0 Å². The zero-order chi connectivity index (χ0) is 14.5. The minimum absolute atomic E-state index is 0.125. The van der Waals surface area contributed by atoms with E-state index >= 15 is 0 Å². The number of rotatable bonds is 7. The van der Waals surface area contributed by atoms with Gasteiger partial charge in [0.15, 0.2) is 0 Å².